The summed E-state index contributed by atoms with van der Waals surface area (Å²) < 4.78 is 4.99. The van der Waals surface area contributed by atoms with Crippen LogP contribution in [0.5, 0.6) is 5.75 Å². The molecule has 0 spiro atoms. The summed E-state index contributed by atoms with van der Waals surface area (Å²) in [7, 11) is 0. The number of carbonyl (C=O) groups excluding carboxylic acids is 2. The Kier molecular flexibility index (Phi) is 2.21. The van der Waals surface area contributed by atoms with Crippen molar-refractivity contribution < 1.29 is 14.3 Å². The van der Waals surface area contributed by atoms with Gasteiger partial charge in [0.25, 0.3) is 0 Å². The molecule has 1 aliphatic rings. The van der Waals surface area contributed by atoms with Crippen LogP contribution in [0.3, 0.4) is 0 Å². The summed E-state index contributed by atoms with van der Waals surface area (Å²) in [6.45, 7) is 3.31. The van der Waals surface area contributed by atoms with Crippen molar-refractivity contribution in [3.05, 3.63) is 48.1 Å². The van der Waals surface area contributed by atoms with Gasteiger partial charge in [-0.2, -0.15) is 0 Å². The molecule has 0 radical (unpaired) electrons. The Morgan fingerprint density at radius 2 is 2.13 bits per heavy atom. The number of hydrogen-bond acceptors (Lipinski definition) is 3. The van der Waals surface area contributed by atoms with E-state index in [0.29, 0.717) is 16.9 Å². The molecule has 0 heterocycles. The number of ketones is 1. The molecule has 0 bridgehead atoms. The molecule has 1 aromatic rings. The monoisotopic (exact) mass is 200 g/mol. The lowest BCUT2D eigenvalue weighted by Crippen LogP contribution is -2.05. The first kappa shape index (κ1) is 9.40. The Balaban J connectivity index is 2.42. The van der Waals surface area contributed by atoms with Crippen molar-refractivity contribution in [3.63, 3.8) is 0 Å². The molecule has 2 rings (SSSR count). The van der Waals surface area contributed by atoms with Gasteiger partial charge in [-0.3, -0.25) is 4.79 Å². The van der Waals surface area contributed by atoms with Crippen LogP contribution in [-0.4, -0.2) is 11.8 Å². The minimum Gasteiger partial charge on any atom is -0.423 e. The van der Waals surface area contributed by atoms with Crippen molar-refractivity contribution in [2.75, 3.05) is 0 Å². The average Bonchev–Trinajstić information content (AvgIpc) is 2.62. The van der Waals surface area contributed by atoms with Crippen LogP contribution in [0.4, 0.5) is 0 Å². The third kappa shape index (κ3) is 1.59. The molecule has 3 heteroatoms. The lowest BCUT2D eigenvalue weighted by atomic mass is 10.1. The zero-order chi connectivity index (χ0) is 10.8. The average molecular weight is 200 g/mol. The fourth-order valence-corrected chi connectivity index (χ4v) is 1.42. The first-order valence-electron chi connectivity index (χ1n) is 4.42. The highest BCUT2D eigenvalue weighted by Crippen LogP contribution is 2.28. The largest absolute Gasteiger partial charge is 0.423 e. The fourth-order valence-electron chi connectivity index (χ4n) is 1.42. The van der Waals surface area contributed by atoms with Crippen molar-refractivity contribution in [2.24, 2.45) is 0 Å². The lowest BCUT2D eigenvalue weighted by molar-refractivity contribution is -0.128. The molecule has 1 aromatic carbocycles. The number of rotatable bonds is 2. The highest BCUT2D eigenvalue weighted by molar-refractivity contribution is 6.14. The second kappa shape index (κ2) is 3.53. The molecule has 1 aliphatic carbocycles. The molecule has 0 fully saturated rings. The van der Waals surface area contributed by atoms with Crippen LogP contribution in [0, 0.1) is 0 Å². The Hall–Kier alpha value is -2.16. The Labute approximate surface area is 86.7 Å². The van der Waals surface area contributed by atoms with Gasteiger partial charge >= 0.3 is 5.97 Å². The van der Waals surface area contributed by atoms with Crippen LogP contribution in [-0.2, 0) is 4.79 Å². The number of ether oxygens (including phenoxy) is 1. The Morgan fingerprint density at radius 3 is 2.87 bits per heavy atom. The molecule has 3 nitrogen and oxygen atoms in total. The molecule has 74 valence electrons. The molecule has 0 unspecified atom stereocenters. The van der Waals surface area contributed by atoms with E-state index in [0.717, 1.165) is 6.08 Å². The predicted octanol–water partition coefficient (Wildman–Crippen LogP) is 1.99. The summed E-state index contributed by atoms with van der Waals surface area (Å²) in [5.74, 6) is -0.211. The van der Waals surface area contributed by atoms with Gasteiger partial charge in [-0.05, 0) is 18.2 Å². The molecule has 0 atom stereocenters. The molecule has 15 heavy (non-hydrogen) atoms. The van der Waals surface area contributed by atoms with Gasteiger partial charge in [-0.1, -0.05) is 18.7 Å². The highest BCUT2D eigenvalue weighted by atomic mass is 16.5. The van der Waals surface area contributed by atoms with E-state index in [-0.39, 0.29) is 5.78 Å². The van der Waals surface area contributed by atoms with Gasteiger partial charge < -0.3 is 4.74 Å². The van der Waals surface area contributed by atoms with Crippen molar-refractivity contribution in [1.82, 2.24) is 0 Å². The zero-order valence-electron chi connectivity index (χ0n) is 7.90. The molecule has 0 N–H and O–H groups in total. The van der Waals surface area contributed by atoms with Crippen molar-refractivity contribution in [3.8, 4) is 5.75 Å². The minimum absolute atomic E-state index is 0.0681. The van der Waals surface area contributed by atoms with Crippen LogP contribution in [0.2, 0.25) is 0 Å². The summed E-state index contributed by atoms with van der Waals surface area (Å²) in [5.41, 5.74) is 1.21. The van der Waals surface area contributed by atoms with E-state index in [9.17, 15) is 9.59 Å². The van der Waals surface area contributed by atoms with Crippen LogP contribution in [0.1, 0.15) is 15.9 Å². The molecule has 0 saturated carbocycles. The van der Waals surface area contributed by atoms with Crippen molar-refractivity contribution in [1.29, 1.82) is 0 Å². The van der Waals surface area contributed by atoms with Gasteiger partial charge in [-0.15, -0.1) is 0 Å². The number of esters is 1. The standard InChI is InChI=1S/C12H8O3/c1-2-12(14)15-11-5-3-4-8-9(11)6-7-10(8)13/h2-7H,1H2. The third-order valence-corrected chi connectivity index (χ3v) is 2.11. The van der Waals surface area contributed by atoms with Crippen LogP contribution in [0.25, 0.3) is 6.08 Å². The summed E-state index contributed by atoms with van der Waals surface area (Å²) in [6.07, 6.45) is 4.18. The van der Waals surface area contributed by atoms with Crippen LogP contribution >= 0.6 is 0 Å². The first-order chi connectivity index (χ1) is 7.22. The van der Waals surface area contributed by atoms with E-state index in [1.54, 1.807) is 24.3 Å². The topological polar surface area (TPSA) is 43.4 Å². The maximum Gasteiger partial charge on any atom is 0.335 e. The Morgan fingerprint density at radius 1 is 1.33 bits per heavy atom. The molecule has 0 aromatic heterocycles. The zero-order valence-corrected chi connectivity index (χ0v) is 7.90. The van der Waals surface area contributed by atoms with Gasteiger partial charge in [0.2, 0.25) is 0 Å². The van der Waals surface area contributed by atoms with Gasteiger partial charge in [0.05, 0.1) is 0 Å². The maximum absolute atomic E-state index is 11.3. The lowest BCUT2D eigenvalue weighted by Gasteiger charge is -2.05. The summed E-state index contributed by atoms with van der Waals surface area (Å²) in [4.78, 5) is 22.3. The SMILES string of the molecule is C=CC(=O)Oc1cccc2c1C=CC2=O. The second-order valence-corrected chi connectivity index (χ2v) is 3.04. The molecule has 0 aliphatic heterocycles. The van der Waals surface area contributed by atoms with Crippen LogP contribution < -0.4 is 4.74 Å². The fraction of sp³-hybridized carbons (Fsp3) is 0. The molecule has 0 saturated heterocycles. The summed E-state index contributed by atoms with van der Waals surface area (Å²) in [5, 5.41) is 0. The molecule has 0 amide bonds. The van der Waals surface area contributed by atoms with Crippen molar-refractivity contribution in [2.45, 2.75) is 0 Å². The normalized spacial score (nSPS) is 12.4. The number of benzene rings is 1. The second-order valence-electron chi connectivity index (χ2n) is 3.04. The van der Waals surface area contributed by atoms with Gasteiger partial charge in [-0.25, -0.2) is 4.79 Å². The van der Waals surface area contributed by atoms with E-state index in [2.05, 4.69) is 6.58 Å². The highest BCUT2D eigenvalue weighted by Gasteiger charge is 2.18. The first-order valence-corrected chi connectivity index (χ1v) is 4.42. The minimum atomic E-state index is -0.531. The van der Waals surface area contributed by atoms with Gasteiger partial charge in [0.15, 0.2) is 5.78 Å². The van der Waals surface area contributed by atoms with Gasteiger partial charge in [0, 0.05) is 17.2 Å². The number of hydrogen-bond donors (Lipinski definition) is 0. The van der Waals surface area contributed by atoms with E-state index < -0.39 is 5.97 Å². The smallest absolute Gasteiger partial charge is 0.335 e. The Bertz CT molecular complexity index is 484. The third-order valence-electron chi connectivity index (χ3n) is 2.11. The van der Waals surface area contributed by atoms with E-state index >= 15 is 0 Å². The quantitative estimate of drug-likeness (QED) is 0.416. The summed E-state index contributed by atoms with van der Waals surface area (Å²) >= 11 is 0. The molecular formula is C12H8O3. The number of carbonyl (C=O) groups is 2. The van der Waals surface area contributed by atoms with E-state index in [1.807, 2.05) is 0 Å². The van der Waals surface area contributed by atoms with Crippen molar-refractivity contribution >= 4 is 17.8 Å². The van der Waals surface area contributed by atoms with E-state index in [4.69, 9.17) is 4.74 Å². The van der Waals surface area contributed by atoms with Crippen LogP contribution in [0.15, 0.2) is 36.9 Å². The number of allylic oxidation sites excluding steroid dienone is 1. The van der Waals surface area contributed by atoms with Gasteiger partial charge in [0.1, 0.15) is 5.75 Å². The number of fused-ring (bicyclic) bond motifs is 1. The van der Waals surface area contributed by atoms with E-state index in [1.165, 1.54) is 6.08 Å². The maximum atomic E-state index is 11.3. The predicted molar refractivity (Wildman–Crippen MR) is 55.6 cm³/mol. The molecular weight excluding hydrogens is 192 g/mol. The summed E-state index contributed by atoms with van der Waals surface area (Å²) in [6, 6.07) is 5.02.